The van der Waals surface area contributed by atoms with Crippen LogP contribution in [0.25, 0.3) is 0 Å². The summed E-state index contributed by atoms with van der Waals surface area (Å²) in [7, 11) is 0. The molecule has 0 fully saturated rings. The fourth-order valence-electron chi connectivity index (χ4n) is 1.47. The standard InChI is InChI=1S/C13H11ClN2O2S/c1-8(17)11-7-19-13(15-11)16-12(18)6-9-4-2-3-5-10(9)14/h2-5,7H,6H2,1H3,(H,15,16,18). The van der Waals surface area contributed by atoms with Gasteiger partial charge in [-0.3, -0.25) is 9.59 Å². The summed E-state index contributed by atoms with van der Waals surface area (Å²) in [5.41, 5.74) is 1.11. The highest BCUT2D eigenvalue weighted by Gasteiger charge is 2.10. The molecule has 6 heteroatoms. The number of amides is 1. The minimum absolute atomic E-state index is 0.122. The summed E-state index contributed by atoms with van der Waals surface area (Å²) >= 11 is 7.20. The van der Waals surface area contributed by atoms with Gasteiger partial charge < -0.3 is 5.32 Å². The van der Waals surface area contributed by atoms with E-state index in [0.29, 0.717) is 15.8 Å². The van der Waals surface area contributed by atoms with Crippen LogP contribution in [-0.2, 0) is 11.2 Å². The van der Waals surface area contributed by atoms with E-state index in [0.717, 1.165) is 5.56 Å². The van der Waals surface area contributed by atoms with Gasteiger partial charge in [-0.25, -0.2) is 4.98 Å². The van der Waals surface area contributed by atoms with E-state index in [-0.39, 0.29) is 18.1 Å². The fourth-order valence-corrected chi connectivity index (χ4v) is 2.44. The first kappa shape index (κ1) is 13.7. The van der Waals surface area contributed by atoms with Gasteiger partial charge in [-0.15, -0.1) is 11.3 Å². The molecule has 0 spiro atoms. The predicted molar refractivity (Wildman–Crippen MR) is 75.9 cm³/mol. The molecule has 0 aliphatic heterocycles. The lowest BCUT2D eigenvalue weighted by Gasteiger charge is -2.03. The molecule has 19 heavy (non-hydrogen) atoms. The maximum atomic E-state index is 11.8. The molecular weight excluding hydrogens is 284 g/mol. The van der Waals surface area contributed by atoms with Crippen molar-refractivity contribution in [2.24, 2.45) is 0 Å². The third-order valence-electron chi connectivity index (χ3n) is 2.42. The van der Waals surface area contributed by atoms with E-state index < -0.39 is 0 Å². The fraction of sp³-hybridized carbons (Fsp3) is 0.154. The lowest BCUT2D eigenvalue weighted by molar-refractivity contribution is -0.115. The number of thiazole rings is 1. The summed E-state index contributed by atoms with van der Waals surface area (Å²) in [5.74, 6) is -0.333. The molecule has 0 atom stereocenters. The van der Waals surface area contributed by atoms with Crippen LogP contribution < -0.4 is 5.32 Å². The van der Waals surface area contributed by atoms with E-state index in [1.165, 1.54) is 18.3 Å². The Morgan fingerprint density at radius 1 is 1.37 bits per heavy atom. The molecule has 1 heterocycles. The van der Waals surface area contributed by atoms with Crippen molar-refractivity contribution in [3.05, 3.63) is 45.9 Å². The van der Waals surface area contributed by atoms with Crippen molar-refractivity contribution in [2.75, 3.05) is 5.32 Å². The predicted octanol–water partition coefficient (Wildman–Crippen LogP) is 3.18. The summed E-state index contributed by atoms with van der Waals surface area (Å²) in [4.78, 5) is 26.9. The number of nitrogens with zero attached hydrogens (tertiary/aromatic N) is 1. The molecule has 1 aromatic heterocycles. The second-order valence-electron chi connectivity index (χ2n) is 3.91. The molecule has 0 aliphatic rings. The zero-order chi connectivity index (χ0) is 13.8. The van der Waals surface area contributed by atoms with Crippen molar-refractivity contribution in [3.8, 4) is 0 Å². The van der Waals surface area contributed by atoms with Gasteiger partial charge in [0.1, 0.15) is 5.69 Å². The van der Waals surface area contributed by atoms with Crippen LogP contribution in [0.3, 0.4) is 0 Å². The van der Waals surface area contributed by atoms with E-state index in [4.69, 9.17) is 11.6 Å². The Balaban J connectivity index is 2.01. The molecule has 1 amide bonds. The van der Waals surface area contributed by atoms with Gasteiger partial charge in [0.25, 0.3) is 0 Å². The zero-order valence-electron chi connectivity index (χ0n) is 10.1. The van der Waals surface area contributed by atoms with Crippen molar-refractivity contribution in [2.45, 2.75) is 13.3 Å². The Kier molecular flexibility index (Phi) is 4.29. The summed E-state index contributed by atoms with van der Waals surface area (Å²) in [6.07, 6.45) is 0.175. The third kappa shape index (κ3) is 3.62. The largest absolute Gasteiger partial charge is 0.302 e. The maximum Gasteiger partial charge on any atom is 0.230 e. The van der Waals surface area contributed by atoms with Crippen LogP contribution in [-0.4, -0.2) is 16.7 Å². The Labute approximate surface area is 119 Å². The highest BCUT2D eigenvalue weighted by Crippen LogP contribution is 2.18. The first-order chi connectivity index (χ1) is 9.06. The second kappa shape index (κ2) is 5.95. The van der Waals surface area contributed by atoms with Crippen molar-refractivity contribution in [1.29, 1.82) is 0 Å². The molecule has 4 nitrogen and oxygen atoms in total. The summed E-state index contributed by atoms with van der Waals surface area (Å²) in [6, 6.07) is 7.17. The zero-order valence-corrected chi connectivity index (χ0v) is 11.7. The number of rotatable bonds is 4. The number of hydrogen-bond donors (Lipinski definition) is 1. The SMILES string of the molecule is CC(=O)c1csc(NC(=O)Cc2ccccc2Cl)n1. The highest BCUT2D eigenvalue weighted by atomic mass is 35.5. The van der Waals surface area contributed by atoms with Crippen molar-refractivity contribution in [1.82, 2.24) is 4.98 Å². The normalized spacial score (nSPS) is 10.2. The Bertz CT molecular complexity index is 625. The Hall–Kier alpha value is -1.72. The van der Waals surface area contributed by atoms with Gasteiger partial charge in [0, 0.05) is 17.3 Å². The van der Waals surface area contributed by atoms with Gasteiger partial charge >= 0.3 is 0 Å². The molecule has 98 valence electrons. The number of hydrogen-bond acceptors (Lipinski definition) is 4. The van der Waals surface area contributed by atoms with Crippen LogP contribution in [0, 0.1) is 0 Å². The minimum atomic E-state index is -0.211. The van der Waals surface area contributed by atoms with E-state index in [1.807, 2.05) is 12.1 Å². The number of carbonyl (C=O) groups is 2. The van der Waals surface area contributed by atoms with Gasteiger partial charge in [-0.1, -0.05) is 29.8 Å². The van der Waals surface area contributed by atoms with E-state index >= 15 is 0 Å². The Morgan fingerprint density at radius 2 is 2.11 bits per heavy atom. The Morgan fingerprint density at radius 3 is 2.74 bits per heavy atom. The topological polar surface area (TPSA) is 59.1 Å². The second-order valence-corrected chi connectivity index (χ2v) is 5.18. The van der Waals surface area contributed by atoms with Crippen LogP contribution in [0.2, 0.25) is 5.02 Å². The van der Waals surface area contributed by atoms with E-state index in [1.54, 1.807) is 17.5 Å². The number of aromatic nitrogens is 1. The average molecular weight is 295 g/mol. The number of halogens is 1. The molecular formula is C13H11ClN2O2S. The van der Waals surface area contributed by atoms with Gasteiger partial charge in [0.05, 0.1) is 6.42 Å². The highest BCUT2D eigenvalue weighted by molar-refractivity contribution is 7.14. The lowest BCUT2D eigenvalue weighted by atomic mass is 10.1. The van der Waals surface area contributed by atoms with E-state index in [9.17, 15) is 9.59 Å². The van der Waals surface area contributed by atoms with Crippen LogP contribution in [0.1, 0.15) is 23.0 Å². The number of Topliss-reactive ketones (excluding diaryl/α,β-unsaturated/α-hetero) is 1. The van der Waals surface area contributed by atoms with Gasteiger partial charge in [-0.2, -0.15) is 0 Å². The van der Waals surface area contributed by atoms with Crippen LogP contribution in [0.4, 0.5) is 5.13 Å². The van der Waals surface area contributed by atoms with Crippen LogP contribution >= 0.6 is 22.9 Å². The number of nitrogens with one attached hydrogen (secondary N) is 1. The number of ketones is 1. The molecule has 0 radical (unpaired) electrons. The first-order valence-electron chi connectivity index (χ1n) is 5.56. The summed E-state index contributed by atoms with van der Waals surface area (Å²) in [5, 5.41) is 5.24. The molecule has 0 unspecified atom stereocenters. The molecule has 2 rings (SSSR count). The third-order valence-corrected chi connectivity index (χ3v) is 3.55. The number of carbonyl (C=O) groups excluding carboxylic acids is 2. The molecule has 2 aromatic rings. The average Bonchev–Trinajstić information content (AvgIpc) is 2.80. The quantitative estimate of drug-likeness (QED) is 0.881. The maximum absolute atomic E-state index is 11.8. The first-order valence-corrected chi connectivity index (χ1v) is 6.82. The summed E-state index contributed by atoms with van der Waals surface area (Å²) in [6.45, 7) is 1.43. The number of anilines is 1. The monoisotopic (exact) mass is 294 g/mol. The molecule has 0 bridgehead atoms. The van der Waals surface area contributed by atoms with Crippen LogP contribution in [0.5, 0.6) is 0 Å². The summed E-state index contributed by atoms with van der Waals surface area (Å²) < 4.78 is 0. The van der Waals surface area contributed by atoms with Crippen molar-refractivity contribution in [3.63, 3.8) is 0 Å². The van der Waals surface area contributed by atoms with Gasteiger partial charge in [0.15, 0.2) is 10.9 Å². The van der Waals surface area contributed by atoms with Crippen molar-refractivity contribution >= 4 is 39.8 Å². The van der Waals surface area contributed by atoms with Gasteiger partial charge in [0.2, 0.25) is 5.91 Å². The van der Waals surface area contributed by atoms with Crippen LogP contribution in [0.15, 0.2) is 29.6 Å². The number of benzene rings is 1. The molecule has 0 aliphatic carbocycles. The molecule has 1 aromatic carbocycles. The molecule has 0 saturated heterocycles. The smallest absolute Gasteiger partial charge is 0.230 e. The molecule has 1 N–H and O–H groups in total. The molecule has 0 saturated carbocycles. The van der Waals surface area contributed by atoms with E-state index in [2.05, 4.69) is 10.3 Å². The minimum Gasteiger partial charge on any atom is -0.302 e. The van der Waals surface area contributed by atoms with Crippen molar-refractivity contribution < 1.29 is 9.59 Å². The lowest BCUT2D eigenvalue weighted by Crippen LogP contribution is -2.14. The van der Waals surface area contributed by atoms with Gasteiger partial charge in [-0.05, 0) is 11.6 Å².